The van der Waals surface area contributed by atoms with Gasteiger partial charge < -0.3 is 9.64 Å². The fourth-order valence-electron chi connectivity index (χ4n) is 2.27. The number of carbonyl (C=O) groups is 1. The van der Waals surface area contributed by atoms with E-state index >= 15 is 0 Å². The molecule has 1 aromatic rings. The molecule has 0 radical (unpaired) electrons. The van der Waals surface area contributed by atoms with Crippen molar-refractivity contribution in [3.8, 4) is 5.75 Å². The summed E-state index contributed by atoms with van der Waals surface area (Å²) in [6.45, 7) is -0.363. The van der Waals surface area contributed by atoms with Gasteiger partial charge >= 0.3 is 6.18 Å². The lowest BCUT2D eigenvalue weighted by Gasteiger charge is -2.23. The van der Waals surface area contributed by atoms with Crippen LogP contribution >= 0.6 is 0 Å². The minimum absolute atomic E-state index is 0.0506. The van der Waals surface area contributed by atoms with Gasteiger partial charge in [-0.2, -0.15) is 13.2 Å². The minimum atomic E-state index is -4.43. The second-order valence-electron chi connectivity index (χ2n) is 5.37. The van der Waals surface area contributed by atoms with Crippen molar-refractivity contribution in [2.24, 2.45) is 0 Å². The van der Waals surface area contributed by atoms with Crippen LogP contribution in [0.2, 0.25) is 0 Å². The predicted molar refractivity (Wildman–Crippen MR) is 76.8 cm³/mol. The first-order chi connectivity index (χ1) is 10.6. The van der Waals surface area contributed by atoms with Gasteiger partial charge in [-0.25, -0.2) is 8.42 Å². The number of hydrogen-bond acceptors (Lipinski definition) is 4. The Labute approximate surface area is 132 Å². The molecule has 0 bridgehead atoms. The molecule has 9 heteroatoms. The molecule has 2 rings (SSSR count). The van der Waals surface area contributed by atoms with Gasteiger partial charge in [0.1, 0.15) is 5.75 Å². The molecule has 0 spiro atoms. The minimum Gasteiger partial charge on any atom is -0.484 e. The van der Waals surface area contributed by atoms with Crippen LogP contribution in [0.4, 0.5) is 13.2 Å². The smallest absolute Gasteiger partial charge is 0.416 e. The van der Waals surface area contributed by atoms with E-state index < -0.39 is 27.5 Å². The third-order valence-corrected chi connectivity index (χ3v) is 5.44. The summed E-state index contributed by atoms with van der Waals surface area (Å²) in [4.78, 5) is 13.3. The van der Waals surface area contributed by atoms with Crippen LogP contribution in [0.3, 0.4) is 0 Å². The Morgan fingerprint density at radius 1 is 1.30 bits per heavy atom. The summed E-state index contributed by atoms with van der Waals surface area (Å²) < 4.78 is 65.2. The van der Waals surface area contributed by atoms with Crippen molar-refractivity contribution in [2.45, 2.75) is 18.6 Å². The Kier molecular flexibility index (Phi) is 4.88. The quantitative estimate of drug-likeness (QED) is 0.829. The fourth-order valence-corrected chi connectivity index (χ4v) is 4.05. The largest absolute Gasteiger partial charge is 0.484 e. The third-order valence-electron chi connectivity index (χ3n) is 3.69. The van der Waals surface area contributed by atoms with E-state index in [1.54, 1.807) is 0 Å². The first kappa shape index (κ1) is 17.6. The topological polar surface area (TPSA) is 63.7 Å². The van der Waals surface area contributed by atoms with Gasteiger partial charge in [-0.3, -0.25) is 4.79 Å². The van der Waals surface area contributed by atoms with Gasteiger partial charge in [0.2, 0.25) is 0 Å². The number of carbonyl (C=O) groups excluding carboxylic acids is 1. The number of amides is 1. The van der Waals surface area contributed by atoms with Gasteiger partial charge in [-0.05, 0) is 30.7 Å². The van der Waals surface area contributed by atoms with E-state index in [0.29, 0.717) is 6.42 Å². The van der Waals surface area contributed by atoms with E-state index in [1.807, 2.05) is 0 Å². The van der Waals surface area contributed by atoms with Crippen LogP contribution in [0.1, 0.15) is 12.0 Å². The van der Waals surface area contributed by atoms with E-state index in [4.69, 9.17) is 4.74 Å². The Hall–Kier alpha value is -1.77. The molecule has 1 aliphatic heterocycles. The summed E-state index contributed by atoms with van der Waals surface area (Å²) in [6.07, 6.45) is -4.05. The number of hydrogen-bond donors (Lipinski definition) is 0. The van der Waals surface area contributed by atoms with Crippen LogP contribution in [0.15, 0.2) is 24.3 Å². The average molecular weight is 351 g/mol. The van der Waals surface area contributed by atoms with Crippen molar-refractivity contribution < 1.29 is 31.1 Å². The molecule has 1 unspecified atom stereocenters. The van der Waals surface area contributed by atoms with Gasteiger partial charge in [0.15, 0.2) is 16.4 Å². The highest BCUT2D eigenvalue weighted by Gasteiger charge is 2.33. The highest BCUT2D eigenvalue weighted by molar-refractivity contribution is 7.91. The summed E-state index contributed by atoms with van der Waals surface area (Å²) in [5.41, 5.74) is -0.801. The van der Waals surface area contributed by atoms with E-state index in [1.165, 1.54) is 11.9 Å². The maximum Gasteiger partial charge on any atom is 0.416 e. The van der Waals surface area contributed by atoms with Gasteiger partial charge in [0, 0.05) is 13.1 Å². The third kappa shape index (κ3) is 4.60. The molecule has 1 fully saturated rings. The summed E-state index contributed by atoms with van der Waals surface area (Å²) >= 11 is 0. The first-order valence-electron chi connectivity index (χ1n) is 6.84. The number of alkyl halides is 3. The van der Waals surface area contributed by atoms with Crippen molar-refractivity contribution in [1.82, 2.24) is 4.90 Å². The molecule has 0 N–H and O–H groups in total. The Morgan fingerprint density at radius 2 is 1.91 bits per heavy atom. The number of likely N-dealkylation sites (N-methyl/N-ethyl adjacent to an activating group) is 1. The molecular formula is C14H16F3NO4S. The fraction of sp³-hybridized carbons (Fsp3) is 0.500. The molecule has 1 heterocycles. The number of halogens is 3. The summed E-state index contributed by atoms with van der Waals surface area (Å²) in [5.74, 6) is -0.310. The maximum absolute atomic E-state index is 12.4. The van der Waals surface area contributed by atoms with Crippen molar-refractivity contribution in [1.29, 1.82) is 0 Å². The molecule has 128 valence electrons. The Bertz CT molecular complexity index is 670. The summed E-state index contributed by atoms with van der Waals surface area (Å²) in [7, 11) is -1.61. The van der Waals surface area contributed by atoms with Crippen LogP contribution in [0, 0.1) is 0 Å². The van der Waals surface area contributed by atoms with Crippen molar-refractivity contribution in [3.05, 3.63) is 29.8 Å². The maximum atomic E-state index is 12.4. The van der Waals surface area contributed by atoms with Gasteiger partial charge in [-0.1, -0.05) is 0 Å². The number of benzene rings is 1. The Morgan fingerprint density at radius 3 is 2.39 bits per heavy atom. The lowest BCUT2D eigenvalue weighted by molar-refractivity contribution is -0.137. The highest BCUT2D eigenvalue weighted by atomic mass is 32.2. The SMILES string of the molecule is CN(C(=O)COc1ccc(C(F)(F)F)cc1)C1CCS(=O)(=O)C1. The van der Waals surface area contributed by atoms with E-state index in [2.05, 4.69) is 0 Å². The second-order valence-corrected chi connectivity index (χ2v) is 7.60. The zero-order valence-electron chi connectivity index (χ0n) is 12.3. The molecule has 1 atom stereocenters. The molecule has 1 aliphatic rings. The molecule has 0 saturated carbocycles. The first-order valence-corrected chi connectivity index (χ1v) is 8.67. The van der Waals surface area contributed by atoms with Crippen molar-refractivity contribution in [2.75, 3.05) is 25.2 Å². The number of nitrogens with zero attached hydrogens (tertiary/aromatic N) is 1. The molecule has 0 aromatic heterocycles. The van der Waals surface area contributed by atoms with Gasteiger partial charge in [0.05, 0.1) is 17.1 Å². The standard InChI is InChI=1S/C14H16F3NO4S/c1-18(11-6-7-23(20,21)9-11)13(19)8-22-12-4-2-10(3-5-12)14(15,16)17/h2-5,11H,6-9H2,1H3. The predicted octanol–water partition coefficient (Wildman–Crippen LogP) is 1.73. The van der Waals surface area contributed by atoms with Crippen LogP contribution in [-0.4, -0.2) is 50.4 Å². The monoisotopic (exact) mass is 351 g/mol. The van der Waals surface area contributed by atoms with Crippen LogP contribution in [0.5, 0.6) is 5.75 Å². The van der Waals surface area contributed by atoms with Crippen LogP contribution in [0.25, 0.3) is 0 Å². The zero-order chi connectivity index (χ0) is 17.3. The molecule has 23 heavy (non-hydrogen) atoms. The van der Waals surface area contributed by atoms with Crippen molar-refractivity contribution >= 4 is 15.7 Å². The van der Waals surface area contributed by atoms with Gasteiger partial charge in [0.25, 0.3) is 5.91 Å². The summed E-state index contributed by atoms with van der Waals surface area (Å²) in [6, 6.07) is 3.62. The van der Waals surface area contributed by atoms with E-state index in [-0.39, 0.29) is 29.9 Å². The molecule has 5 nitrogen and oxygen atoms in total. The van der Waals surface area contributed by atoms with E-state index in [0.717, 1.165) is 24.3 Å². The zero-order valence-corrected chi connectivity index (χ0v) is 13.2. The number of ether oxygens (including phenoxy) is 1. The van der Waals surface area contributed by atoms with Crippen LogP contribution < -0.4 is 4.74 Å². The molecule has 1 amide bonds. The number of rotatable bonds is 4. The molecule has 0 aliphatic carbocycles. The molecular weight excluding hydrogens is 335 g/mol. The highest BCUT2D eigenvalue weighted by Crippen LogP contribution is 2.30. The molecule has 1 aromatic carbocycles. The lowest BCUT2D eigenvalue weighted by atomic mass is 10.2. The normalized spacial score (nSPS) is 20.3. The van der Waals surface area contributed by atoms with E-state index in [9.17, 15) is 26.4 Å². The van der Waals surface area contributed by atoms with Gasteiger partial charge in [-0.15, -0.1) is 0 Å². The lowest BCUT2D eigenvalue weighted by Crippen LogP contribution is -2.40. The number of sulfone groups is 1. The average Bonchev–Trinajstić information content (AvgIpc) is 2.83. The molecule has 1 saturated heterocycles. The Balaban J connectivity index is 1.89. The second kappa shape index (κ2) is 6.38. The van der Waals surface area contributed by atoms with Crippen LogP contribution in [-0.2, 0) is 20.8 Å². The summed E-state index contributed by atoms with van der Waals surface area (Å²) in [5, 5.41) is 0. The van der Waals surface area contributed by atoms with Crippen molar-refractivity contribution in [3.63, 3.8) is 0 Å².